The van der Waals surface area contributed by atoms with Gasteiger partial charge in [-0.05, 0) is 92.8 Å². The molecule has 2 aliphatic heterocycles. The lowest BCUT2D eigenvalue weighted by Gasteiger charge is -2.34. The number of aromatic nitrogens is 5. The Kier molecular flexibility index (Phi) is 5.97. The maximum Gasteiger partial charge on any atom is 0.225 e. The van der Waals surface area contributed by atoms with Crippen LogP contribution in [-0.4, -0.2) is 49.1 Å². The molecule has 0 bridgehead atoms. The van der Waals surface area contributed by atoms with Crippen LogP contribution in [0, 0.1) is 0 Å². The van der Waals surface area contributed by atoms with Crippen molar-refractivity contribution in [2.24, 2.45) is 7.05 Å². The van der Waals surface area contributed by atoms with Crippen molar-refractivity contribution < 1.29 is 4.74 Å². The summed E-state index contributed by atoms with van der Waals surface area (Å²) in [5.41, 5.74) is 7.53. The molecule has 1 saturated heterocycles. The Morgan fingerprint density at radius 2 is 2.00 bits per heavy atom. The number of fused-ring (bicyclic) bond motifs is 2. The second kappa shape index (κ2) is 9.50. The number of anilines is 2. The molecule has 2 aromatic carbocycles. The number of benzene rings is 2. The molecule has 3 aliphatic rings. The van der Waals surface area contributed by atoms with Gasteiger partial charge in [-0.3, -0.25) is 4.90 Å². The van der Waals surface area contributed by atoms with E-state index in [1.54, 1.807) is 0 Å². The summed E-state index contributed by atoms with van der Waals surface area (Å²) in [5.74, 6) is 2.08. The summed E-state index contributed by atoms with van der Waals surface area (Å²) in [6.45, 7) is 7.56. The van der Waals surface area contributed by atoms with Crippen LogP contribution >= 0.6 is 0 Å². The van der Waals surface area contributed by atoms with Gasteiger partial charge < -0.3 is 10.1 Å². The molecule has 4 aromatic rings. The molecule has 4 heterocycles. The predicted molar refractivity (Wildman–Crippen MR) is 150 cm³/mol. The van der Waals surface area contributed by atoms with Gasteiger partial charge in [0, 0.05) is 42.9 Å². The van der Waals surface area contributed by atoms with E-state index >= 15 is 0 Å². The molecule has 1 saturated carbocycles. The molecule has 1 aliphatic carbocycles. The van der Waals surface area contributed by atoms with Crippen molar-refractivity contribution in [3.63, 3.8) is 0 Å². The molecule has 198 valence electrons. The molecule has 2 atom stereocenters. The van der Waals surface area contributed by atoms with Crippen molar-refractivity contribution in [1.29, 1.82) is 0 Å². The molecule has 0 spiro atoms. The minimum atomic E-state index is 0.0399. The van der Waals surface area contributed by atoms with E-state index in [-0.39, 0.29) is 6.23 Å². The first-order valence-electron chi connectivity index (χ1n) is 14.3. The van der Waals surface area contributed by atoms with Crippen LogP contribution < -0.4 is 5.32 Å². The van der Waals surface area contributed by atoms with Crippen LogP contribution in [0.3, 0.4) is 0 Å². The third-order valence-corrected chi connectivity index (χ3v) is 8.72. The Morgan fingerprint density at radius 1 is 1.11 bits per heavy atom. The first kappa shape index (κ1) is 23.9. The zero-order valence-corrected chi connectivity index (χ0v) is 22.7. The van der Waals surface area contributed by atoms with Gasteiger partial charge in [0.1, 0.15) is 0 Å². The Hall–Kier alpha value is -3.23. The average molecular weight is 512 g/mol. The van der Waals surface area contributed by atoms with Gasteiger partial charge in [0.25, 0.3) is 0 Å². The lowest BCUT2D eigenvalue weighted by molar-refractivity contribution is -0.0366. The minimum Gasteiger partial charge on any atom is -0.356 e. The lowest BCUT2D eigenvalue weighted by atomic mass is 9.92. The van der Waals surface area contributed by atoms with E-state index in [2.05, 4.69) is 59.1 Å². The Morgan fingerprint density at radius 3 is 2.79 bits per heavy atom. The summed E-state index contributed by atoms with van der Waals surface area (Å²) in [6, 6.07) is 11.6. The highest BCUT2D eigenvalue weighted by Crippen LogP contribution is 2.47. The van der Waals surface area contributed by atoms with Crippen LogP contribution in [0.4, 0.5) is 11.6 Å². The summed E-state index contributed by atoms with van der Waals surface area (Å²) in [4.78, 5) is 7.47. The molecule has 8 nitrogen and oxygen atoms in total. The summed E-state index contributed by atoms with van der Waals surface area (Å²) < 4.78 is 9.99. The summed E-state index contributed by atoms with van der Waals surface area (Å²) in [7, 11) is 1.96. The van der Waals surface area contributed by atoms with Crippen molar-refractivity contribution >= 4 is 22.5 Å². The third kappa shape index (κ3) is 4.10. The van der Waals surface area contributed by atoms with Crippen molar-refractivity contribution in [2.45, 2.75) is 70.6 Å². The number of nitrogens with one attached hydrogen (secondary N) is 1. The Balaban J connectivity index is 1.19. The van der Waals surface area contributed by atoms with Crippen molar-refractivity contribution in [2.75, 3.05) is 25.0 Å². The highest BCUT2D eigenvalue weighted by Gasteiger charge is 2.31. The fraction of sp³-hybridized carbons (Fsp3) is 0.500. The number of ether oxygens (including phenoxy) is 1. The smallest absolute Gasteiger partial charge is 0.225 e. The van der Waals surface area contributed by atoms with Gasteiger partial charge in [0.05, 0.1) is 11.7 Å². The third-order valence-electron chi connectivity index (χ3n) is 8.72. The molecule has 0 radical (unpaired) electrons. The lowest BCUT2D eigenvalue weighted by Crippen LogP contribution is -2.33. The van der Waals surface area contributed by atoms with Gasteiger partial charge >= 0.3 is 0 Å². The second-order valence-electron chi connectivity index (χ2n) is 11.1. The number of hydrogen-bond donors (Lipinski definition) is 1. The van der Waals surface area contributed by atoms with E-state index < -0.39 is 0 Å². The minimum absolute atomic E-state index is 0.0399. The number of aryl methyl sites for hydroxylation is 1. The Bertz CT molecular complexity index is 1480. The van der Waals surface area contributed by atoms with Gasteiger partial charge in [-0.15, -0.1) is 5.10 Å². The number of hydrogen-bond acceptors (Lipinski definition) is 6. The van der Waals surface area contributed by atoms with E-state index in [0.717, 1.165) is 67.5 Å². The van der Waals surface area contributed by atoms with E-state index in [0.29, 0.717) is 12.0 Å². The molecule has 2 unspecified atom stereocenters. The normalized spacial score (nSPS) is 22.1. The van der Waals surface area contributed by atoms with Crippen molar-refractivity contribution in [3.05, 3.63) is 53.2 Å². The SMILES string of the molecule is CCN1CCc2cc(-c3nc(Nc4ccc5c(cnn5C5CCCCO5)c4C4CC4)n(C)n3)ccc2C1C. The summed E-state index contributed by atoms with van der Waals surface area (Å²) >= 11 is 0. The van der Waals surface area contributed by atoms with E-state index in [1.807, 2.05) is 17.9 Å². The predicted octanol–water partition coefficient (Wildman–Crippen LogP) is 6.09. The molecule has 2 fully saturated rings. The Labute approximate surface area is 224 Å². The van der Waals surface area contributed by atoms with Crippen LogP contribution in [0.5, 0.6) is 0 Å². The molecule has 1 N–H and O–H groups in total. The van der Waals surface area contributed by atoms with Crippen molar-refractivity contribution in [1.82, 2.24) is 29.4 Å². The quantitative estimate of drug-likeness (QED) is 0.338. The zero-order chi connectivity index (χ0) is 25.8. The van der Waals surface area contributed by atoms with E-state index in [1.165, 1.54) is 41.3 Å². The van der Waals surface area contributed by atoms with Crippen LogP contribution in [0.1, 0.15) is 80.8 Å². The van der Waals surface area contributed by atoms with Gasteiger partial charge in [-0.25, -0.2) is 9.36 Å². The first-order valence-corrected chi connectivity index (χ1v) is 14.3. The zero-order valence-electron chi connectivity index (χ0n) is 22.7. The number of rotatable bonds is 6. The van der Waals surface area contributed by atoms with Crippen LogP contribution in [-0.2, 0) is 18.2 Å². The molecular weight excluding hydrogens is 474 g/mol. The maximum absolute atomic E-state index is 6.05. The van der Waals surface area contributed by atoms with E-state index in [9.17, 15) is 0 Å². The van der Waals surface area contributed by atoms with Gasteiger partial charge in [-0.2, -0.15) is 10.1 Å². The molecule has 38 heavy (non-hydrogen) atoms. The van der Waals surface area contributed by atoms with Crippen molar-refractivity contribution in [3.8, 4) is 11.4 Å². The number of likely N-dealkylation sites (N-methyl/N-ethyl adjacent to an activating group) is 1. The van der Waals surface area contributed by atoms with Crippen LogP contribution in [0.15, 0.2) is 36.5 Å². The molecular formula is C30H37N7O. The molecule has 2 aromatic heterocycles. The second-order valence-corrected chi connectivity index (χ2v) is 11.1. The largest absolute Gasteiger partial charge is 0.356 e. The average Bonchev–Trinajstić information content (AvgIpc) is 3.59. The van der Waals surface area contributed by atoms with Gasteiger partial charge in [0.15, 0.2) is 12.1 Å². The van der Waals surface area contributed by atoms with Gasteiger partial charge in [-0.1, -0.05) is 19.1 Å². The van der Waals surface area contributed by atoms with Crippen LogP contribution in [0.25, 0.3) is 22.3 Å². The highest BCUT2D eigenvalue weighted by atomic mass is 16.5. The highest BCUT2D eigenvalue weighted by molar-refractivity contribution is 5.89. The van der Waals surface area contributed by atoms with Gasteiger partial charge in [0.2, 0.25) is 5.95 Å². The molecule has 0 amide bonds. The fourth-order valence-corrected chi connectivity index (χ4v) is 6.40. The standard InChI is InChI=1S/C30H37N7O/c1-4-36-15-14-21-17-22(10-11-23(21)19(36)2)29-33-30(35(3)34-29)32-25-12-13-26-24(28(25)20-8-9-20)18-31-37(26)27-7-5-6-16-38-27/h10-13,17-20,27H,4-9,14-16H2,1-3H3,(H,32,33,34). The monoisotopic (exact) mass is 511 g/mol. The first-order chi connectivity index (χ1) is 18.6. The van der Waals surface area contributed by atoms with E-state index in [4.69, 9.17) is 19.9 Å². The summed E-state index contributed by atoms with van der Waals surface area (Å²) in [5, 5.41) is 14.4. The number of nitrogens with zero attached hydrogens (tertiary/aromatic N) is 6. The molecule has 8 heteroatoms. The maximum atomic E-state index is 6.05. The topological polar surface area (TPSA) is 73.0 Å². The summed E-state index contributed by atoms with van der Waals surface area (Å²) in [6.07, 6.45) is 8.92. The van der Waals surface area contributed by atoms with Crippen LogP contribution in [0.2, 0.25) is 0 Å². The molecule has 7 rings (SSSR count). The fourth-order valence-electron chi connectivity index (χ4n) is 6.40.